The molecule has 1 atom stereocenters. The average molecular weight is 346 g/mol. The van der Waals surface area contributed by atoms with Crippen molar-refractivity contribution in [3.8, 4) is 0 Å². The first-order valence-electron chi connectivity index (χ1n) is 8.49. The molecule has 1 unspecified atom stereocenters. The lowest BCUT2D eigenvalue weighted by atomic mass is 10.1. The Hall–Kier alpha value is -1.95. The van der Waals surface area contributed by atoms with Crippen LogP contribution in [0.1, 0.15) is 43.5 Å². The number of aromatic nitrogens is 1. The maximum atomic E-state index is 12.3. The molecule has 128 valence electrons. The van der Waals surface area contributed by atoms with Crippen molar-refractivity contribution < 1.29 is 14.7 Å². The van der Waals surface area contributed by atoms with E-state index < -0.39 is 5.97 Å². The van der Waals surface area contributed by atoms with E-state index in [4.69, 9.17) is 5.11 Å². The molecule has 1 aromatic heterocycles. The summed E-state index contributed by atoms with van der Waals surface area (Å²) < 4.78 is 1.21. The number of para-hydroxylation sites is 1. The number of aliphatic carboxylic acids is 1. The number of hydrogen-bond acceptors (Lipinski definition) is 4. The van der Waals surface area contributed by atoms with Gasteiger partial charge < -0.3 is 10.0 Å². The molecule has 5 nitrogen and oxygen atoms in total. The second kappa shape index (κ2) is 7.75. The highest BCUT2D eigenvalue weighted by molar-refractivity contribution is 7.18. The molecule has 1 aromatic carbocycles. The molecule has 0 spiro atoms. The molecule has 1 saturated heterocycles. The van der Waals surface area contributed by atoms with Crippen LogP contribution in [0, 0.1) is 0 Å². The molecule has 24 heavy (non-hydrogen) atoms. The highest BCUT2D eigenvalue weighted by Crippen LogP contribution is 2.24. The van der Waals surface area contributed by atoms with Gasteiger partial charge in [0.05, 0.1) is 21.6 Å². The number of carbonyl (C=O) groups is 2. The van der Waals surface area contributed by atoms with Gasteiger partial charge in [-0.1, -0.05) is 12.1 Å². The maximum Gasteiger partial charge on any atom is 0.305 e. The predicted octanol–water partition coefficient (Wildman–Crippen LogP) is 3.47. The molecule has 0 radical (unpaired) electrons. The summed E-state index contributed by atoms with van der Waals surface area (Å²) in [4.78, 5) is 29.6. The number of nitrogens with zero attached hydrogens (tertiary/aromatic N) is 2. The molecule has 0 bridgehead atoms. The summed E-state index contributed by atoms with van der Waals surface area (Å²) in [5.74, 6) is -0.724. The Kier molecular flexibility index (Phi) is 5.45. The van der Waals surface area contributed by atoms with Crippen molar-refractivity contribution in [1.82, 2.24) is 9.88 Å². The van der Waals surface area contributed by atoms with E-state index in [0.29, 0.717) is 13.0 Å². The maximum absolute atomic E-state index is 12.3. The number of thiazole rings is 1. The number of carboxylic acids is 1. The van der Waals surface area contributed by atoms with Gasteiger partial charge in [0.2, 0.25) is 5.91 Å². The lowest BCUT2D eigenvalue weighted by Crippen LogP contribution is -2.36. The molecule has 1 amide bonds. The van der Waals surface area contributed by atoms with E-state index in [-0.39, 0.29) is 18.4 Å². The molecule has 1 fully saturated rings. The van der Waals surface area contributed by atoms with Crippen LogP contribution in [0.4, 0.5) is 0 Å². The fourth-order valence-electron chi connectivity index (χ4n) is 3.30. The SMILES string of the molecule is O=C(O)CC1CCCN1C(=O)CCCCc1nc2ccccc2s1. The van der Waals surface area contributed by atoms with Crippen molar-refractivity contribution in [2.75, 3.05) is 6.54 Å². The van der Waals surface area contributed by atoms with Crippen LogP contribution >= 0.6 is 11.3 Å². The highest BCUT2D eigenvalue weighted by atomic mass is 32.1. The highest BCUT2D eigenvalue weighted by Gasteiger charge is 2.29. The van der Waals surface area contributed by atoms with Crippen molar-refractivity contribution in [3.05, 3.63) is 29.3 Å². The van der Waals surface area contributed by atoms with Gasteiger partial charge >= 0.3 is 5.97 Å². The predicted molar refractivity (Wildman–Crippen MR) is 94.2 cm³/mol. The van der Waals surface area contributed by atoms with Crippen LogP contribution in [0.2, 0.25) is 0 Å². The van der Waals surface area contributed by atoms with Gasteiger partial charge in [-0.15, -0.1) is 11.3 Å². The number of carboxylic acid groups (broad SMARTS) is 1. The summed E-state index contributed by atoms with van der Waals surface area (Å²) in [5.41, 5.74) is 1.04. The Morgan fingerprint density at radius 3 is 2.92 bits per heavy atom. The summed E-state index contributed by atoms with van der Waals surface area (Å²) in [5, 5.41) is 10.0. The molecule has 1 aliphatic heterocycles. The number of rotatable bonds is 7. The number of unbranched alkanes of at least 4 members (excludes halogenated alkanes) is 1. The first-order chi connectivity index (χ1) is 11.6. The molecule has 2 heterocycles. The molecular formula is C18H22N2O3S. The Morgan fingerprint density at radius 2 is 2.12 bits per heavy atom. The number of hydrogen-bond donors (Lipinski definition) is 1. The van der Waals surface area contributed by atoms with E-state index in [1.54, 1.807) is 16.2 Å². The smallest absolute Gasteiger partial charge is 0.305 e. The number of aryl methyl sites for hydroxylation is 1. The van der Waals surface area contributed by atoms with E-state index in [2.05, 4.69) is 11.1 Å². The first-order valence-corrected chi connectivity index (χ1v) is 9.31. The van der Waals surface area contributed by atoms with E-state index in [1.165, 1.54) is 4.70 Å². The summed E-state index contributed by atoms with van der Waals surface area (Å²) in [7, 11) is 0. The molecule has 3 rings (SSSR count). The van der Waals surface area contributed by atoms with Crippen LogP contribution in [0.15, 0.2) is 24.3 Å². The second-order valence-corrected chi connectivity index (χ2v) is 7.38. The monoisotopic (exact) mass is 346 g/mol. The molecule has 2 aromatic rings. The third-order valence-corrected chi connectivity index (χ3v) is 5.57. The quantitative estimate of drug-likeness (QED) is 0.779. The summed E-state index contributed by atoms with van der Waals surface area (Å²) in [6.45, 7) is 0.703. The van der Waals surface area contributed by atoms with Crippen molar-refractivity contribution in [2.45, 2.75) is 51.0 Å². The van der Waals surface area contributed by atoms with Gasteiger partial charge in [0.25, 0.3) is 0 Å². The second-order valence-electron chi connectivity index (χ2n) is 6.26. The van der Waals surface area contributed by atoms with E-state index in [0.717, 1.165) is 42.6 Å². The van der Waals surface area contributed by atoms with Crippen LogP contribution < -0.4 is 0 Å². The van der Waals surface area contributed by atoms with Crippen molar-refractivity contribution in [1.29, 1.82) is 0 Å². The van der Waals surface area contributed by atoms with Gasteiger partial charge in [0, 0.05) is 19.0 Å². The normalized spacial score (nSPS) is 17.5. The molecule has 6 heteroatoms. The fourth-order valence-corrected chi connectivity index (χ4v) is 4.31. The van der Waals surface area contributed by atoms with E-state index >= 15 is 0 Å². The van der Waals surface area contributed by atoms with Gasteiger partial charge in [-0.05, 0) is 44.2 Å². The minimum atomic E-state index is -0.824. The van der Waals surface area contributed by atoms with Crippen molar-refractivity contribution in [2.24, 2.45) is 0 Å². The molecular weight excluding hydrogens is 324 g/mol. The minimum Gasteiger partial charge on any atom is -0.481 e. The van der Waals surface area contributed by atoms with Gasteiger partial charge in [-0.3, -0.25) is 9.59 Å². The molecule has 1 N–H and O–H groups in total. The van der Waals surface area contributed by atoms with Crippen LogP contribution in [0.5, 0.6) is 0 Å². The number of fused-ring (bicyclic) bond motifs is 1. The topological polar surface area (TPSA) is 70.5 Å². The van der Waals surface area contributed by atoms with Crippen molar-refractivity contribution in [3.63, 3.8) is 0 Å². The Bertz CT molecular complexity index is 695. The first kappa shape index (κ1) is 16.9. The number of likely N-dealkylation sites (tertiary alicyclic amines) is 1. The lowest BCUT2D eigenvalue weighted by molar-refractivity contribution is -0.139. The van der Waals surface area contributed by atoms with Gasteiger partial charge in [0.1, 0.15) is 0 Å². The molecule has 0 aliphatic carbocycles. The zero-order valence-corrected chi connectivity index (χ0v) is 14.4. The Balaban J connectivity index is 1.44. The van der Waals surface area contributed by atoms with Crippen LogP contribution in [0.3, 0.4) is 0 Å². The fraction of sp³-hybridized carbons (Fsp3) is 0.500. The van der Waals surface area contributed by atoms with Gasteiger partial charge in [-0.25, -0.2) is 4.98 Å². The summed E-state index contributed by atoms with van der Waals surface area (Å²) in [6, 6.07) is 8.00. The zero-order chi connectivity index (χ0) is 16.9. The number of carbonyl (C=O) groups excluding carboxylic acids is 1. The van der Waals surface area contributed by atoms with Crippen LogP contribution in [0.25, 0.3) is 10.2 Å². The number of amides is 1. The van der Waals surface area contributed by atoms with Crippen LogP contribution in [-0.4, -0.2) is 39.5 Å². The molecule has 1 aliphatic rings. The Morgan fingerprint density at radius 1 is 1.29 bits per heavy atom. The zero-order valence-electron chi connectivity index (χ0n) is 13.6. The van der Waals surface area contributed by atoms with Crippen LogP contribution in [-0.2, 0) is 16.0 Å². The third kappa shape index (κ3) is 4.12. The average Bonchev–Trinajstić information content (AvgIpc) is 3.16. The number of benzene rings is 1. The van der Waals surface area contributed by atoms with E-state index in [9.17, 15) is 9.59 Å². The lowest BCUT2D eigenvalue weighted by Gasteiger charge is -2.23. The largest absolute Gasteiger partial charge is 0.481 e. The third-order valence-electron chi connectivity index (χ3n) is 4.48. The minimum absolute atomic E-state index is 0.0669. The summed E-state index contributed by atoms with van der Waals surface area (Å²) >= 11 is 1.72. The summed E-state index contributed by atoms with van der Waals surface area (Å²) in [6.07, 6.45) is 4.94. The van der Waals surface area contributed by atoms with Crippen molar-refractivity contribution >= 4 is 33.4 Å². The standard InChI is InChI=1S/C18H22N2O3S/c21-17(20-11-5-6-13(20)12-18(22)23)10-4-3-9-16-19-14-7-1-2-8-15(14)24-16/h1-2,7-8,13H,3-6,9-12H2,(H,22,23). The molecule has 0 saturated carbocycles. The van der Waals surface area contributed by atoms with Gasteiger partial charge in [0.15, 0.2) is 0 Å². The Labute approximate surface area is 145 Å². The van der Waals surface area contributed by atoms with E-state index in [1.807, 2.05) is 18.2 Å². The van der Waals surface area contributed by atoms with Gasteiger partial charge in [-0.2, -0.15) is 0 Å².